The van der Waals surface area contributed by atoms with Crippen molar-refractivity contribution in [1.82, 2.24) is 4.98 Å². The first-order valence-corrected chi connectivity index (χ1v) is 10.2. The van der Waals surface area contributed by atoms with Crippen LogP contribution in [0.15, 0.2) is 77.2 Å². The van der Waals surface area contributed by atoms with Crippen molar-refractivity contribution in [2.75, 3.05) is 12.4 Å². The van der Waals surface area contributed by atoms with E-state index >= 15 is 0 Å². The summed E-state index contributed by atoms with van der Waals surface area (Å²) in [5.41, 5.74) is 2.66. The second kappa shape index (κ2) is 9.34. The van der Waals surface area contributed by atoms with Crippen LogP contribution in [0.4, 0.5) is 5.69 Å². The van der Waals surface area contributed by atoms with E-state index in [2.05, 4.69) is 10.3 Å². The Morgan fingerprint density at radius 2 is 1.72 bits per heavy atom. The highest BCUT2D eigenvalue weighted by molar-refractivity contribution is 6.00. The fourth-order valence-electron chi connectivity index (χ4n) is 3.25. The molecule has 0 aliphatic carbocycles. The minimum atomic E-state index is -0.957. The van der Waals surface area contributed by atoms with Gasteiger partial charge in [0.05, 0.1) is 18.2 Å². The van der Waals surface area contributed by atoms with Crippen LogP contribution in [0.3, 0.4) is 0 Å². The van der Waals surface area contributed by atoms with Crippen molar-refractivity contribution < 1.29 is 23.5 Å². The highest BCUT2D eigenvalue weighted by atomic mass is 16.5. The van der Waals surface area contributed by atoms with Gasteiger partial charge < -0.3 is 19.2 Å². The van der Waals surface area contributed by atoms with E-state index in [-0.39, 0.29) is 5.56 Å². The van der Waals surface area contributed by atoms with Crippen LogP contribution in [0.2, 0.25) is 0 Å². The molecule has 162 valence electrons. The molecular formula is C25H22N2O5. The molecule has 0 aliphatic rings. The van der Waals surface area contributed by atoms with Crippen LogP contribution in [0.25, 0.3) is 22.6 Å². The van der Waals surface area contributed by atoms with E-state index in [1.165, 1.54) is 0 Å². The van der Waals surface area contributed by atoms with Gasteiger partial charge in [0.25, 0.3) is 5.91 Å². The number of carbonyl (C=O) groups excluding carboxylic acids is 2. The summed E-state index contributed by atoms with van der Waals surface area (Å²) < 4.78 is 16.5. The highest BCUT2D eigenvalue weighted by Crippen LogP contribution is 2.28. The molecule has 1 amide bonds. The molecule has 7 heteroatoms. The summed E-state index contributed by atoms with van der Waals surface area (Å²) in [6.07, 6.45) is -0.639. The van der Waals surface area contributed by atoms with Crippen LogP contribution in [0, 0.1) is 0 Å². The largest absolute Gasteiger partial charge is 0.497 e. The van der Waals surface area contributed by atoms with Crippen LogP contribution in [-0.2, 0) is 9.53 Å². The minimum Gasteiger partial charge on any atom is -0.497 e. The lowest BCUT2D eigenvalue weighted by molar-refractivity contribution is -0.124. The topological polar surface area (TPSA) is 90.7 Å². The van der Waals surface area contributed by atoms with Gasteiger partial charge in [-0.1, -0.05) is 31.2 Å². The fraction of sp³-hybridized carbons (Fsp3) is 0.160. The molecule has 4 aromatic rings. The first-order valence-electron chi connectivity index (χ1n) is 10.2. The molecule has 1 N–H and O–H groups in total. The van der Waals surface area contributed by atoms with Crippen LogP contribution in [0.5, 0.6) is 5.75 Å². The van der Waals surface area contributed by atoms with E-state index in [4.69, 9.17) is 13.9 Å². The van der Waals surface area contributed by atoms with Crippen LogP contribution in [-0.4, -0.2) is 30.1 Å². The van der Waals surface area contributed by atoms with Crippen LogP contribution < -0.4 is 10.1 Å². The fourth-order valence-corrected chi connectivity index (χ4v) is 3.25. The minimum absolute atomic E-state index is 0.273. The van der Waals surface area contributed by atoms with E-state index in [0.29, 0.717) is 40.4 Å². The zero-order valence-electron chi connectivity index (χ0n) is 17.7. The molecule has 4 rings (SSSR count). The third kappa shape index (κ3) is 4.46. The zero-order valence-corrected chi connectivity index (χ0v) is 17.7. The summed E-state index contributed by atoms with van der Waals surface area (Å²) in [5, 5.41) is 2.76. The Morgan fingerprint density at radius 1 is 1.00 bits per heavy atom. The summed E-state index contributed by atoms with van der Waals surface area (Å²) in [6, 6.07) is 21.1. The number of nitrogens with zero attached hydrogens (tertiary/aromatic N) is 1. The van der Waals surface area contributed by atoms with Crippen LogP contribution in [0.1, 0.15) is 23.7 Å². The average molecular weight is 430 g/mol. The number of amides is 1. The molecule has 0 aliphatic heterocycles. The van der Waals surface area contributed by atoms with E-state index in [1.54, 1.807) is 62.6 Å². The maximum atomic E-state index is 13.0. The summed E-state index contributed by atoms with van der Waals surface area (Å²) >= 11 is 0. The molecule has 0 bridgehead atoms. The number of aromatic nitrogens is 1. The summed E-state index contributed by atoms with van der Waals surface area (Å²) in [5.74, 6) is -0.0447. The van der Waals surface area contributed by atoms with Gasteiger partial charge in [0.1, 0.15) is 11.3 Å². The second-order valence-electron chi connectivity index (χ2n) is 7.05. The Labute approximate surface area is 185 Å². The summed E-state index contributed by atoms with van der Waals surface area (Å²) in [7, 11) is 1.57. The Balaban J connectivity index is 1.52. The molecule has 0 saturated carbocycles. The third-order valence-corrected chi connectivity index (χ3v) is 4.94. The normalized spacial score (nSPS) is 11.7. The van der Waals surface area contributed by atoms with Gasteiger partial charge >= 0.3 is 5.97 Å². The molecule has 1 heterocycles. The molecule has 32 heavy (non-hydrogen) atoms. The molecule has 1 unspecified atom stereocenters. The number of benzene rings is 3. The van der Waals surface area contributed by atoms with Crippen molar-refractivity contribution in [1.29, 1.82) is 0 Å². The van der Waals surface area contributed by atoms with E-state index in [9.17, 15) is 9.59 Å². The van der Waals surface area contributed by atoms with E-state index in [0.717, 1.165) is 0 Å². The molecule has 1 atom stereocenters. The number of hydrogen-bond donors (Lipinski definition) is 1. The number of carbonyl (C=O) groups is 2. The SMILES string of the molecule is CCC(OC(=O)c1ccccc1-c1nc2ccccc2o1)C(=O)Nc1ccc(OC)cc1. The smallest absolute Gasteiger partial charge is 0.339 e. The molecule has 0 fully saturated rings. The quantitative estimate of drug-likeness (QED) is 0.411. The Bertz CT molecular complexity index is 1210. The van der Waals surface area contributed by atoms with Gasteiger partial charge in [0, 0.05) is 5.69 Å². The molecule has 3 aromatic carbocycles. The molecular weight excluding hydrogens is 408 g/mol. The number of ether oxygens (including phenoxy) is 2. The van der Waals surface area contributed by atoms with Crippen molar-refractivity contribution in [2.45, 2.75) is 19.4 Å². The molecule has 0 spiro atoms. The maximum Gasteiger partial charge on any atom is 0.339 e. The molecule has 1 aromatic heterocycles. The Kier molecular flexibility index (Phi) is 6.17. The van der Waals surface area contributed by atoms with Gasteiger partial charge in [0.15, 0.2) is 11.7 Å². The number of hydrogen-bond acceptors (Lipinski definition) is 6. The number of esters is 1. The number of anilines is 1. The van der Waals surface area contributed by atoms with Gasteiger partial charge in [-0.2, -0.15) is 0 Å². The number of para-hydroxylation sites is 2. The average Bonchev–Trinajstić information content (AvgIpc) is 3.27. The number of rotatable bonds is 7. The van der Waals surface area contributed by atoms with Gasteiger partial charge in [-0.05, 0) is 55.0 Å². The van der Waals surface area contributed by atoms with Gasteiger partial charge in [-0.15, -0.1) is 0 Å². The lowest BCUT2D eigenvalue weighted by atomic mass is 10.1. The lowest BCUT2D eigenvalue weighted by Crippen LogP contribution is -2.32. The van der Waals surface area contributed by atoms with Gasteiger partial charge in [-0.3, -0.25) is 4.79 Å². The summed E-state index contributed by atoms with van der Waals surface area (Å²) in [4.78, 5) is 30.1. The predicted molar refractivity (Wildman–Crippen MR) is 121 cm³/mol. The Hall–Kier alpha value is -4.13. The van der Waals surface area contributed by atoms with Gasteiger partial charge in [0.2, 0.25) is 5.89 Å². The van der Waals surface area contributed by atoms with Crippen molar-refractivity contribution in [3.8, 4) is 17.2 Å². The first-order chi connectivity index (χ1) is 15.6. The number of oxazole rings is 1. The lowest BCUT2D eigenvalue weighted by Gasteiger charge is -2.17. The highest BCUT2D eigenvalue weighted by Gasteiger charge is 2.25. The first kappa shape index (κ1) is 21.1. The van der Waals surface area contributed by atoms with E-state index < -0.39 is 18.0 Å². The monoisotopic (exact) mass is 430 g/mol. The standard InChI is InChI=1S/C25H22N2O5/c1-3-21(23(28)26-16-12-14-17(30-2)15-13-16)32-25(29)19-9-5-4-8-18(19)24-27-20-10-6-7-11-22(20)31-24/h4-15,21H,3H2,1-2H3,(H,26,28). The predicted octanol–water partition coefficient (Wildman–Crippen LogP) is 5.08. The molecule has 7 nitrogen and oxygen atoms in total. The Morgan fingerprint density at radius 3 is 2.44 bits per heavy atom. The van der Waals surface area contributed by atoms with E-state index in [1.807, 2.05) is 24.3 Å². The number of nitrogens with one attached hydrogen (secondary N) is 1. The third-order valence-electron chi connectivity index (χ3n) is 4.94. The second-order valence-corrected chi connectivity index (χ2v) is 7.05. The van der Waals surface area contributed by atoms with Crippen molar-refractivity contribution >= 4 is 28.7 Å². The molecule has 0 radical (unpaired) electrons. The van der Waals surface area contributed by atoms with Crippen LogP contribution >= 0.6 is 0 Å². The zero-order chi connectivity index (χ0) is 22.5. The van der Waals surface area contributed by atoms with Crippen molar-refractivity contribution in [3.05, 3.63) is 78.4 Å². The molecule has 0 saturated heterocycles. The summed E-state index contributed by atoms with van der Waals surface area (Å²) in [6.45, 7) is 1.78. The van der Waals surface area contributed by atoms with Crippen molar-refractivity contribution in [2.24, 2.45) is 0 Å². The maximum absolute atomic E-state index is 13.0. The van der Waals surface area contributed by atoms with Gasteiger partial charge in [-0.25, -0.2) is 9.78 Å². The number of fused-ring (bicyclic) bond motifs is 1. The number of methoxy groups -OCH3 is 1. The van der Waals surface area contributed by atoms with Crippen molar-refractivity contribution in [3.63, 3.8) is 0 Å².